The molecular formula is C19H31NO2. The molecule has 0 unspecified atom stereocenters. The summed E-state index contributed by atoms with van der Waals surface area (Å²) in [6, 6.07) is 1.85. The molecule has 0 bridgehead atoms. The Morgan fingerprint density at radius 2 is 1.59 bits per heavy atom. The average molecular weight is 305 g/mol. The molecule has 0 saturated heterocycles. The highest BCUT2D eigenvalue weighted by Gasteiger charge is 2.11. The molecule has 0 fully saturated rings. The minimum Gasteiger partial charge on any atom is -0.507 e. The van der Waals surface area contributed by atoms with E-state index >= 15 is 0 Å². The standard InChI is InChI=1S/C19H31NO2/c1-5-6-7-8-9-10-11-12-18(21)20-17-13-14(2)19(22)16(4)15(17)3/h13,22H,5-12H2,1-4H3,(H,20,21). The molecule has 3 heteroatoms. The number of benzene rings is 1. The monoisotopic (exact) mass is 305 g/mol. The number of amides is 1. The van der Waals surface area contributed by atoms with E-state index in [0.717, 1.165) is 35.2 Å². The van der Waals surface area contributed by atoms with Crippen LogP contribution in [-0.4, -0.2) is 11.0 Å². The van der Waals surface area contributed by atoms with Crippen molar-refractivity contribution in [2.45, 2.75) is 79.1 Å². The van der Waals surface area contributed by atoms with Gasteiger partial charge in [-0.2, -0.15) is 0 Å². The lowest BCUT2D eigenvalue weighted by molar-refractivity contribution is -0.116. The summed E-state index contributed by atoms with van der Waals surface area (Å²) in [5.74, 6) is 0.392. The fraction of sp³-hybridized carbons (Fsp3) is 0.632. The first kappa shape index (κ1) is 18.5. The molecule has 1 aromatic rings. The van der Waals surface area contributed by atoms with Gasteiger partial charge in [-0.25, -0.2) is 0 Å². The van der Waals surface area contributed by atoms with Crippen molar-refractivity contribution >= 4 is 11.6 Å². The lowest BCUT2D eigenvalue weighted by Gasteiger charge is -2.14. The summed E-state index contributed by atoms with van der Waals surface area (Å²) in [6.45, 7) is 7.88. The zero-order valence-electron chi connectivity index (χ0n) is 14.6. The molecule has 2 N–H and O–H groups in total. The quantitative estimate of drug-likeness (QED) is 0.474. The number of hydrogen-bond acceptors (Lipinski definition) is 2. The third-order valence-corrected chi connectivity index (χ3v) is 4.34. The van der Waals surface area contributed by atoms with Crippen LogP contribution in [0.2, 0.25) is 0 Å². The topological polar surface area (TPSA) is 49.3 Å². The molecule has 0 aliphatic carbocycles. The number of nitrogens with one attached hydrogen (secondary N) is 1. The molecule has 0 heterocycles. The second-order valence-electron chi connectivity index (χ2n) is 6.26. The minimum atomic E-state index is 0.0705. The third-order valence-electron chi connectivity index (χ3n) is 4.34. The van der Waals surface area contributed by atoms with Gasteiger partial charge in [0.25, 0.3) is 0 Å². The maximum Gasteiger partial charge on any atom is 0.224 e. The van der Waals surface area contributed by atoms with Gasteiger partial charge in [-0.15, -0.1) is 0 Å². The first-order valence-corrected chi connectivity index (χ1v) is 8.57. The Balaban J connectivity index is 2.37. The van der Waals surface area contributed by atoms with Gasteiger partial charge in [-0.3, -0.25) is 4.79 Å². The van der Waals surface area contributed by atoms with E-state index in [2.05, 4.69) is 12.2 Å². The molecule has 0 aliphatic rings. The van der Waals surface area contributed by atoms with Crippen LogP contribution in [0.5, 0.6) is 5.75 Å². The molecule has 1 aromatic carbocycles. The maximum absolute atomic E-state index is 12.0. The molecule has 0 aromatic heterocycles. The van der Waals surface area contributed by atoms with Crippen LogP contribution >= 0.6 is 0 Å². The van der Waals surface area contributed by atoms with E-state index in [1.165, 1.54) is 32.1 Å². The van der Waals surface area contributed by atoms with Crippen molar-refractivity contribution in [3.05, 3.63) is 22.8 Å². The van der Waals surface area contributed by atoms with E-state index in [0.29, 0.717) is 12.2 Å². The Hall–Kier alpha value is -1.51. The largest absolute Gasteiger partial charge is 0.507 e. The molecular weight excluding hydrogens is 274 g/mol. The zero-order chi connectivity index (χ0) is 16.5. The van der Waals surface area contributed by atoms with Gasteiger partial charge in [0, 0.05) is 12.1 Å². The number of unbranched alkanes of at least 4 members (excludes halogenated alkanes) is 6. The van der Waals surface area contributed by atoms with Crippen molar-refractivity contribution in [3.8, 4) is 5.75 Å². The van der Waals surface area contributed by atoms with Gasteiger partial charge >= 0.3 is 0 Å². The molecule has 3 nitrogen and oxygen atoms in total. The Morgan fingerprint density at radius 1 is 1.00 bits per heavy atom. The van der Waals surface area contributed by atoms with Gasteiger partial charge in [-0.1, -0.05) is 45.4 Å². The van der Waals surface area contributed by atoms with Gasteiger partial charge in [0.1, 0.15) is 5.75 Å². The highest BCUT2D eigenvalue weighted by molar-refractivity contribution is 5.92. The SMILES string of the molecule is CCCCCCCCCC(=O)Nc1cc(C)c(O)c(C)c1C. The fourth-order valence-electron chi connectivity index (χ4n) is 2.65. The number of phenols is 1. The third kappa shape index (κ3) is 5.70. The van der Waals surface area contributed by atoms with Gasteiger partial charge in [0.05, 0.1) is 0 Å². The van der Waals surface area contributed by atoms with Crippen molar-refractivity contribution in [3.63, 3.8) is 0 Å². The van der Waals surface area contributed by atoms with Gasteiger partial charge in [0.2, 0.25) is 5.91 Å². The fourth-order valence-corrected chi connectivity index (χ4v) is 2.65. The van der Waals surface area contributed by atoms with Crippen molar-refractivity contribution in [2.24, 2.45) is 0 Å². The molecule has 1 rings (SSSR count). The van der Waals surface area contributed by atoms with Crippen LogP contribution in [0.4, 0.5) is 5.69 Å². The van der Waals surface area contributed by atoms with Gasteiger partial charge < -0.3 is 10.4 Å². The number of aryl methyl sites for hydroxylation is 1. The average Bonchev–Trinajstić information content (AvgIpc) is 2.49. The highest BCUT2D eigenvalue weighted by atomic mass is 16.3. The number of rotatable bonds is 9. The Morgan fingerprint density at radius 3 is 2.23 bits per heavy atom. The molecule has 0 spiro atoms. The van der Waals surface area contributed by atoms with E-state index < -0.39 is 0 Å². The molecule has 0 aliphatic heterocycles. The summed E-state index contributed by atoms with van der Waals surface area (Å²) in [4.78, 5) is 12.0. The van der Waals surface area contributed by atoms with Crippen LogP contribution in [0.3, 0.4) is 0 Å². The molecule has 22 heavy (non-hydrogen) atoms. The second-order valence-corrected chi connectivity index (χ2v) is 6.26. The first-order valence-electron chi connectivity index (χ1n) is 8.57. The van der Waals surface area contributed by atoms with Crippen LogP contribution in [0.1, 0.15) is 75.0 Å². The van der Waals surface area contributed by atoms with Crippen LogP contribution in [0.25, 0.3) is 0 Å². The van der Waals surface area contributed by atoms with E-state index in [9.17, 15) is 9.90 Å². The summed E-state index contributed by atoms with van der Waals surface area (Å²) in [6.07, 6.45) is 9.07. The summed E-state index contributed by atoms with van der Waals surface area (Å²) in [5.41, 5.74) is 3.40. The Kier molecular flexibility index (Phi) is 8.00. The number of aromatic hydroxyl groups is 1. The smallest absolute Gasteiger partial charge is 0.224 e. The number of hydrogen-bond donors (Lipinski definition) is 2. The molecule has 0 saturated carbocycles. The van der Waals surface area contributed by atoms with Crippen LogP contribution in [-0.2, 0) is 4.79 Å². The maximum atomic E-state index is 12.0. The number of carbonyl (C=O) groups excluding carboxylic acids is 1. The van der Waals surface area contributed by atoms with Crippen molar-refractivity contribution in [1.82, 2.24) is 0 Å². The minimum absolute atomic E-state index is 0.0705. The molecule has 0 atom stereocenters. The number of phenolic OH excluding ortho intramolecular Hbond substituents is 1. The summed E-state index contributed by atoms with van der Waals surface area (Å²) < 4.78 is 0. The summed E-state index contributed by atoms with van der Waals surface area (Å²) in [7, 11) is 0. The van der Waals surface area contributed by atoms with Crippen LogP contribution in [0, 0.1) is 20.8 Å². The predicted octanol–water partition coefficient (Wildman–Crippen LogP) is 5.40. The number of anilines is 1. The zero-order valence-corrected chi connectivity index (χ0v) is 14.6. The van der Waals surface area contributed by atoms with Gasteiger partial charge in [-0.05, 0) is 49.9 Å². The van der Waals surface area contributed by atoms with Gasteiger partial charge in [0.15, 0.2) is 0 Å². The Labute approximate surface area is 135 Å². The molecule has 124 valence electrons. The van der Waals surface area contributed by atoms with E-state index in [1.54, 1.807) is 0 Å². The van der Waals surface area contributed by atoms with Crippen LogP contribution in [0.15, 0.2) is 6.07 Å². The first-order chi connectivity index (χ1) is 10.5. The van der Waals surface area contributed by atoms with Crippen LogP contribution < -0.4 is 5.32 Å². The van der Waals surface area contributed by atoms with Crippen molar-refractivity contribution in [2.75, 3.05) is 5.32 Å². The number of carbonyl (C=O) groups is 1. The van der Waals surface area contributed by atoms with E-state index in [1.807, 2.05) is 26.8 Å². The molecule has 0 radical (unpaired) electrons. The summed E-state index contributed by atoms with van der Waals surface area (Å²) >= 11 is 0. The summed E-state index contributed by atoms with van der Waals surface area (Å²) in [5, 5.41) is 12.9. The van der Waals surface area contributed by atoms with Crippen molar-refractivity contribution < 1.29 is 9.90 Å². The van der Waals surface area contributed by atoms with E-state index in [4.69, 9.17) is 0 Å². The Bertz CT molecular complexity index is 495. The lowest BCUT2D eigenvalue weighted by Crippen LogP contribution is -2.12. The predicted molar refractivity (Wildman–Crippen MR) is 93.6 cm³/mol. The van der Waals surface area contributed by atoms with Crippen molar-refractivity contribution in [1.29, 1.82) is 0 Å². The normalized spacial score (nSPS) is 10.7. The second kappa shape index (κ2) is 9.50. The molecule has 1 amide bonds. The highest BCUT2D eigenvalue weighted by Crippen LogP contribution is 2.30. The lowest BCUT2D eigenvalue weighted by atomic mass is 10.0. The van der Waals surface area contributed by atoms with E-state index in [-0.39, 0.29) is 5.91 Å².